The number of hydrogen-bond acceptors (Lipinski definition) is 6. The molecule has 1 aliphatic rings. The van der Waals surface area contributed by atoms with Gasteiger partial charge in [-0.05, 0) is 18.9 Å². The molecule has 20 heavy (non-hydrogen) atoms. The van der Waals surface area contributed by atoms with E-state index in [-0.39, 0.29) is 5.54 Å². The second kappa shape index (κ2) is 3.97. The summed E-state index contributed by atoms with van der Waals surface area (Å²) in [6.45, 7) is 0. The molecule has 3 aromatic rings. The van der Waals surface area contributed by atoms with E-state index in [1.165, 1.54) is 6.33 Å². The Morgan fingerprint density at radius 2 is 2.10 bits per heavy atom. The van der Waals surface area contributed by atoms with Gasteiger partial charge < -0.3 is 10.5 Å². The van der Waals surface area contributed by atoms with Crippen LogP contribution in [0.1, 0.15) is 18.5 Å². The monoisotopic (exact) mass is 268 g/mol. The molecule has 0 atom stereocenters. The number of ether oxygens (including phenoxy) is 1. The molecule has 100 valence electrons. The van der Waals surface area contributed by atoms with Gasteiger partial charge in [0, 0.05) is 12.3 Å². The number of nitrogens with zero attached hydrogens (tertiary/aromatic N) is 4. The number of rotatable bonds is 3. The summed E-state index contributed by atoms with van der Waals surface area (Å²) in [5.74, 6) is 0.878. The van der Waals surface area contributed by atoms with E-state index in [2.05, 4.69) is 25.1 Å². The molecule has 0 amide bonds. The van der Waals surface area contributed by atoms with Gasteiger partial charge in [-0.3, -0.25) is 5.10 Å². The Hall–Kier alpha value is -2.54. The average Bonchev–Trinajstić information content (AvgIpc) is 3.10. The standard InChI is InChI=1S/C13H12N6O/c14-13(4-5-13)10-9-11(17-7-16-10)18-19-12(9)20-8-3-1-2-6-15-8/h1-3,6-7H,4-5,14H2,(H,16,17,18,19). The Kier molecular flexibility index (Phi) is 2.25. The molecule has 0 unspecified atom stereocenters. The topological polar surface area (TPSA) is 103 Å². The second-order valence-corrected chi connectivity index (χ2v) is 4.90. The van der Waals surface area contributed by atoms with Crippen LogP contribution in [-0.2, 0) is 5.54 Å². The maximum Gasteiger partial charge on any atom is 0.251 e. The van der Waals surface area contributed by atoms with Gasteiger partial charge in [0.25, 0.3) is 5.88 Å². The van der Waals surface area contributed by atoms with Crippen molar-refractivity contribution in [2.75, 3.05) is 0 Å². The summed E-state index contributed by atoms with van der Waals surface area (Å²) in [7, 11) is 0. The molecule has 0 spiro atoms. The zero-order chi connectivity index (χ0) is 13.6. The maximum absolute atomic E-state index is 6.25. The first kappa shape index (κ1) is 11.3. The fraction of sp³-hybridized carbons (Fsp3) is 0.231. The molecular weight excluding hydrogens is 256 g/mol. The summed E-state index contributed by atoms with van der Waals surface area (Å²) < 4.78 is 5.71. The van der Waals surface area contributed by atoms with Gasteiger partial charge in [0.05, 0.1) is 11.2 Å². The smallest absolute Gasteiger partial charge is 0.251 e. The van der Waals surface area contributed by atoms with Crippen molar-refractivity contribution in [2.45, 2.75) is 18.4 Å². The highest BCUT2D eigenvalue weighted by Gasteiger charge is 2.44. The zero-order valence-corrected chi connectivity index (χ0v) is 10.6. The van der Waals surface area contributed by atoms with Crippen LogP contribution in [0.3, 0.4) is 0 Å². The normalized spacial score (nSPS) is 16.2. The van der Waals surface area contributed by atoms with Crippen LogP contribution in [0.25, 0.3) is 11.0 Å². The number of nitrogens with one attached hydrogen (secondary N) is 1. The lowest BCUT2D eigenvalue weighted by Crippen LogP contribution is -2.20. The maximum atomic E-state index is 6.25. The number of fused-ring (bicyclic) bond motifs is 1. The van der Waals surface area contributed by atoms with E-state index in [9.17, 15) is 0 Å². The van der Waals surface area contributed by atoms with E-state index < -0.39 is 0 Å². The number of aromatic nitrogens is 5. The SMILES string of the molecule is NC1(c2ncnc3[nH]nc(Oc4ccccn4)c23)CC1. The minimum Gasteiger partial charge on any atom is -0.418 e. The summed E-state index contributed by atoms with van der Waals surface area (Å²) in [5, 5.41) is 7.72. The molecule has 7 nitrogen and oxygen atoms in total. The Morgan fingerprint density at radius 1 is 1.20 bits per heavy atom. The third-order valence-corrected chi connectivity index (χ3v) is 3.42. The molecule has 0 bridgehead atoms. The molecule has 7 heteroatoms. The molecule has 4 rings (SSSR count). The number of nitrogens with two attached hydrogens (primary N) is 1. The Bertz CT molecular complexity index is 765. The molecule has 1 fully saturated rings. The van der Waals surface area contributed by atoms with E-state index in [0.717, 1.165) is 23.9 Å². The fourth-order valence-corrected chi connectivity index (χ4v) is 2.16. The highest BCUT2D eigenvalue weighted by Crippen LogP contribution is 2.45. The summed E-state index contributed by atoms with van der Waals surface area (Å²) in [5.41, 5.74) is 7.27. The first-order valence-corrected chi connectivity index (χ1v) is 6.34. The van der Waals surface area contributed by atoms with Crippen molar-refractivity contribution < 1.29 is 4.74 Å². The van der Waals surface area contributed by atoms with E-state index in [0.29, 0.717) is 17.4 Å². The largest absolute Gasteiger partial charge is 0.418 e. The predicted molar refractivity (Wildman–Crippen MR) is 71.1 cm³/mol. The number of aromatic amines is 1. The highest BCUT2D eigenvalue weighted by atomic mass is 16.5. The highest BCUT2D eigenvalue weighted by molar-refractivity contribution is 5.84. The molecule has 1 saturated carbocycles. The number of H-pyrrole nitrogens is 1. The average molecular weight is 268 g/mol. The van der Waals surface area contributed by atoms with Crippen molar-refractivity contribution in [1.82, 2.24) is 25.1 Å². The van der Waals surface area contributed by atoms with Crippen LogP contribution < -0.4 is 10.5 Å². The van der Waals surface area contributed by atoms with Crippen LogP contribution in [0.4, 0.5) is 0 Å². The van der Waals surface area contributed by atoms with E-state index in [1.54, 1.807) is 12.3 Å². The van der Waals surface area contributed by atoms with Crippen LogP contribution >= 0.6 is 0 Å². The molecule has 0 saturated heterocycles. The van der Waals surface area contributed by atoms with Gasteiger partial charge in [-0.15, -0.1) is 5.10 Å². The molecule has 3 heterocycles. The van der Waals surface area contributed by atoms with Crippen LogP contribution in [0.2, 0.25) is 0 Å². The molecule has 3 N–H and O–H groups in total. The summed E-state index contributed by atoms with van der Waals surface area (Å²) >= 11 is 0. The first-order valence-electron chi connectivity index (χ1n) is 6.34. The van der Waals surface area contributed by atoms with Crippen molar-refractivity contribution in [3.8, 4) is 11.8 Å². The fourth-order valence-electron chi connectivity index (χ4n) is 2.16. The van der Waals surface area contributed by atoms with Gasteiger partial charge in [-0.2, -0.15) is 0 Å². The molecule has 0 aliphatic heterocycles. The van der Waals surface area contributed by atoms with Gasteiger partial charge in [0.15, 0.2) is 5.65 Å². The van der Waals surface area contributed by atoms with Crippen LogP contribution in [0, 0.1) is 0 Å². The Labute approximate surface area is 114 Å². The van der Waals surface area contributed by atoms with Crippen molar-refractivity contribution in [1.29, 1.82) is 0 Å². The quantitative estimate of drug-likeness (QED) is 0.746. The minimum absolute atomic E-state index is 0.382. The summed E-state index contributed by atoms with van der Waals surface area (Å²) in [6, 6.07) is 5.43. The lowest BCUT2D eigenvalue weighted by Gasteiger charge is -2.09. The second-order valence-electron chi connectivity index (χ2n) is 4.90. The van der Waals surface area contributed by atoms with Gasteiger partial charge in [-0.1, -0.05) is 6.07 Å². The molecular formula is C13H12N6O. The first-order chi connectivity index (χ1) is 9.76. The molecule has 0 radical (unpaired) electrons. The molecule has 1 aliphatic carbocycles. The van der Waals surface area contributed by atoms with Crippen LogP contribution in [-0.4, -0.2) is 25.1 Å². The molecule has 3 aromatic heterocycles. The summed E-state index contributed by atoms with van der Waals surface area (Å²) in [4.78, 5) is 12.6. The van der Waals surface area contributed by atoms with Gasteiger partial charge >= 0.3 is 0 Å². The van der Waals surface area contributed by atoms with E-state index in [1.807, 2.05) is 12.1 Å². The van der Waals surface area contributed by atoms with Gasteiger partial charge in [0.1, 0.15) is 11.7 Å². The van der Waals surface area contributed by atoms with E-state index >= 15 is 0 Å². The third-order valence-electron chi connectivity index (χ3n) is 3.42. The lowest BCUT2D eigenvalue weighted by atomic mass is 10.1. The van der Waals surface area contributed by atoms with Crippen molar-refractivity contribution in [3.63, 3.8) is 0 Å². The molecule has 0 aromatic carbocycles. The van der Waals surface area contributed by atoms with Gasteiger partial charge in [-0.25, -0.2) is 15.0 Å². The minimum atomic E-state index is -0.382. The van der Waals surface area contributed by atoms with Crippen molar-refractivity contribution in [2.24, 2.45) is 5.73 Å². The van der Waals surface area contributed by atoms with E-state index in [4.69, 9.17) is 10.5 Å². The Balaban J connectivity index is 1.84. The van der Waals surface area contributed by atoms with Crippen molar-refractivity contribution >= 4 is 11.0 Å². The number of hydrogen-bond donors (Lipinski definition) is 2. The van der Waals surface area contributed by atoms with Crippen LogP contribution in [0.15, 0.2) is 30.7 Å². The Morgan fingerprint density at radius 3 is 2.85 bits per heavy atom. The third kappa shape index (κ3) is 1.71. The number of pyridine rings is 1. The summed E-state index contributed by atoms with van der Waals surface area (Å²) in [6.07, 6.45) is 4.97. The van der Waals surface area contributed by atoms with Crippen LogP contribution in [0.5, 0.6) is 11.8 Å². The zero-order valence-electron chi connectivity index (χ0n) is 10.6. The van der Waals surface area contributed by atoms with Crippen molar-refractivity contribution in [3.05, 3.63) is 36.4 Å². The lowest BCUT2D eigenvalue weighted by molar-refractivity contribution is 0.447. The predicted octanol–water partition coefficient (Wildman–Crippen LogP) is 1.49. The van der Waals surface area contributed by atoms with Gasteiger partial charge in [0.2, 0.25) is 5.88 Å².